The van der Waals surface area contributed by atoms with Crippen LogP contribution in [0.5, 0.6) is 11.5 Å². The van der Waals surface area contributed by atoms with E-state index in [9.17, 15) is 8.42 Å². The van der Waals surface area contributed by atoms with E-state index in [1.807, 2.05) is 6.92 Å². The molecule has 0 saturated heterocycles. The number of nitrogens with two attached hydrogens (primary N) is 1. The third kappa shape index (κ3) is 2.27. The Morgan fingerprint density at radius 2 is 1.75 bits per heavy atom. The van der Waals surface area contributed by atoms with Crippen LogP contribution in [0, 0.1) is 0 Å². The van der Waals surface area contributed by atoms with Crippen molar-refractivity contribution in [3.8, 4) is 11.5 Å². The minimum Gasteiger partial charge on any atom is -0.493 e. The zero-order chi connectivity index (χ0) is 15.1. The standard InChI is InChI=1S/C14H21NO4S/c1-9(15)14(7-8-14)10-5-6-11(20(4,16)17)13(19-3)12(10)18-2/h5-6,9H,7-8,15H2,1-4H3. The lowest BCUT2D eigenvalue weighted by atomic mass is 9.88. The fourth-order valence-corrected chi connectivity index (χ4v) is 3.56. The van der Waals surface area contributed by atoms with Crippen LogP contribution in [0.4, 0.5) is 0 Å². The average Bonchev–Trinajstić information content (AvgIpc) is 3.16. The van der Waals surface area contributed by atoms with Crippen molar-refractivity contribution in [1.82, 2.24) is 0 Å². The third-order valence-electron chi connectivity index (χ3n) is 4.08. The van der Waals surface area contributed by atoms with Crippen LogP contribution in [-0.4, -0.2) is 34.9 Å². The van der Waals surface area contributed by atoms with Crippen LogP contribution < -0.4 is 15.2 Å². The second kappa shape index (κ2) is 4.93. The molecule has 0 aromatic heterocycles. The molecular weight excluding hydrogens is 278 g/mol. The van der Waals surface area contributed by atoms with Crippen molar-refractivity contribution in [1.29, 1.82) is 0 Å². The number of methoxy groups -OCH3 is 2. The first-order valence-electron chi connectivity index (χ1n) is 6.49. The van der Waals surface area contributed by atoms with Crippen molar-refractivity contribution in [2.75, 3.05) is 20.5 Å². The molecule has 2 N–H and O–H groups in total. The molecule has 112 valence electrons. The zero-order valence-corrected chi connectivity index (χ0v) is 13.1. The molecule has 0 radical (unpaired) electrons. The molecule has 1 fully saturated rings. The predicted molar refractivity (Wildman–Crippen MR) is 77.2 cm³/mol. The number of benzene rings is 1. The highest BCUT2D eigenvalue weighted by molar-refractivity contribution is 7.90. The summed E-state index contributed by atoms with van der Waals surface area (Å²) in [4.78, 5) is 0.140. The van der Waals surface area contributed by atoms with Crippen LogP contribution in [0.25, 0.3) is 0 Å². The smallest absolute Gasteiger partial charge is 0.179 e. The highest BCUT2D eigenvalue weighted by Crippen LogP contribution is 2.55. The van der Waals surface area contributed by atoms with E-state index in [-0.39, 0.29) is 22.1 Å². The van der Waals surface area contributed by atoms with Crippen molar-refractivity contribution in [3.63, 3.8) is 0 Å². The monoisotopic (exact) mass is 299 g/mol. The van der Waals surface area contributed by atoms with Crippen LogP contribution in [0.1, 0.15) is 25.3 Å². The molecule has 20 heavy (non-hydrogen) atoms. The maximum atomic E-state index is 11.8. The zero-order valence-electron chi connectivity index (χ0n) is 12.3. The van der Waals surface area contributed by atoms with Gasteiger partial charge in [0.25, 0.3) is 0 Å². The Labute approximate surface area is 120 Å². The van der Waals surface area contributed by atoms with Crippen molar-refractivity contribution in [3.05, 3.63) is 17.7 Å². The molecule has 1 aromatic carbocycles. The first-order chi connectivity index (χ1) is 9.28. The van der Waals surface area contributed by atoms with Crippen LogP contribution in [-0.2, 0) is 15.3 Å². The lowest BCUT2D eigenvalue weighted by molar-refractivity contribution is 0.338. The molecule has 1 aliphatic rings. The summed E-state index contributed by atoms with van der Waals surface area (Å²) in [6.45, 7) is 1.96. The van der Waals surface area contributed by atoms with E-state index in [1.165, 1.54) is 14.2 Å². The number of hydrogen-bond acceptors (Lipinski definition) is 5. The van der Waals surface area contributed by atoms with E-state index >= 15 is 0 Å². The Hall–Kier alpha value is -1.27. The van der Waals surface area contributed by atoms with Gasteiger partial charge in [-0.15, -0.1) is 0 Å². The fraction of sp³-hybridized carbons (Fsp3) is 0.571. The van der Waals surface area contributed by atoms with Gasteiger partial charge >= 0.3 is 0 Å². The van der Waals surface area contributed by atoms with Gasteiger partial charge < -0.3 is 15.2 Å². The van der Waals surface area contributed by atoms with Gasteiger partial charge in [-0.3, -0.25) is 0 Å². The van der Waals surface area contributed by atoms with Gasteiger partial charge in [0.2, 0.25) is 0 Å². The Balaban J connectivity index is 2.69. The Morgan fingerprint density at radius 1 is 1.20 bits per heavy atom. The molecule has 1 atom stereocenters. The fourth-order valence-electron chi connectivity index (χ4n) is 2.73. The second-order valence-electron chi connectivity index (χ2n) is 5.39. The normalized spacial score (nSPS) is 18.4. The van der Waals surface area contributed by atoms with Crippen molar-refractivity contribution in [2.24, 2.45) is 5.73 Å². The third-order valence-corrected chi connectivity index (χ3v) is 5.20. The van der Waals surface area contributed by atoms with Crippen LogP contribution in [0.15, 0.2) is 17.0 Å². The minimum atomic E-state index is -3.38. The molecule has 0 spiro atoms. The lowest BCUT2D eigenvalue weighted by Gasteiger charge is -2.24. The molecule has 1 saturated carbocycles. The van der Waals surface area contributed by atoms with Crippen molar-refractivity contribution in [2.45, 2.75) is 36.1 Å². The Bertz CT molecular complexity index is 618. The predicted octanol–water partition coefficient (Wildman–Crippen LogP) is 1.49. The maximum Gasteiger partial charge on any atom is 0.179 e. The van der Waals surface area contributed by atoms with E-state index < -0.39 is 9.84 Å². The van der Waals surface area contributed by atoms with Gasteiger partial charge in [-0.2, -0.15) is 0 Å². The van der Waals surface area contributed by atoms with Gasteiger partial charge in [-0.05, 0) is 25.8 Å². The molecule has 1 aliphatic carbocycles. The largest absolute Gasteiger partial charge is 0.493 e. The summed E-state index contributed by atoms with van der Waals surface area (Å²) in [5.41, 5.74) is 6.89. The topological polar surface area (TPSA) is 78.6 Å². The van der Waals surface area contributed by atoms with E-state index in [4.69, 9.17) is 15.2 Å². The molecule has 1 aromatic rings. The SMILES string of the molecule is COc1c(C2(C(C)N)CC2)ccc(S(C)(=O)=O)c1OC. The first kappa shape index (κ1) is 15.1. The van der Waals surface area contributed by atoms with E-state index in [0.29, 0.717) is 5.75 Å². The maximum absolute atomic E-state index is 11.8. The molecule has 6 heteroatoms. The van der Waals surface area contributed by atoms with Crippen molar-refractivity contribution >= 4 is 9.84 Å². The first-order valence-corrected chi connectivity index (χ1v) is 8.38. The molecule has 1 unspecified atom stereocenters. The highest BCUT2D eigenvalue weighted by atomic mass is 32.2. The molecular formula is C14H21NO4S. The average molecular weight is 299 g/mol. The molecule has 0 bridgehead atoms. The molecule has 0 heterocycles. The van der Waals surface area contributed by atoms with Crippen LogP contribution in [0.2, 0.25) is 0 Å². The van der Waals surface area contributed by atoms with E-state index in [0.717, 1.165) is 24.7 Å². The van der Waals surface area contributed by atoms with Gasteiger partial charge in [-0.1, -0.05) is 6.07 Å². The number of ether oxygens (including phenoxy) is 2. The van der Waals surface area contributed by atoms with Crippen LogP contribution in [0.3, 0.4) is 0 Å². The van der Waals surface area contributed by atoms with Gasteiger partial charge in [0.15, 0.2) is 21.3 Å². The van der Waals surface area contributed by atoms with Gasteiger partial charge in [0.1, 0.15) is 4.90 Å². The molecule has 0 amide bonds. The molecule has 5 nitrogen and oxygen atoms in total. The van der Waals surface area contributed by atoms with E-state index in [2.05, 4.69) is 0 Å². The summed E-state index contributed by atoms with van der Waals surface area (Å²) in [6.07, 6.45) is 3.10. The number of rotatable bonds is 5. The number of sulfone groups is 1. The quantitative estimate of drug-likeness (QED) is 0.891. The summed E-state index contributed by atoms with van der Waals surface area (Å²) in [5, 5.41) is 0. The summed E-state index contributed by atoms with van der Waals surface area (Å²) in [6, 6.07) is 3.35. The summed E-state index contributed by atoms with van der Waals surface area (Å²) in [7, 11) is -0.412. The highest BCUT2D eigenvalue weighted by Gasteiger charge is 2.50. The van der Waals surface area contributed by atoms with E-state index in [1.54, 1.807) is 12.1 Å². The molecule has 2 rings (SSSR count). The summed E-state index contributed by atoms with van der Waals surface area (Å²) < 4.78 is 34.4. The number of hydrogen-bond donors (Lipinski definition) is 1. The Morgan fingerprint density at radius 3 is 2.10 bits per heavy atom. The van der Waals surface area contributed by atoms with Gasteiger partial charge in [-0.25, -0.2) is 8.42 Å². The summed E-state index contributed by atoms with van der Waals surface area (Å²) in [5.74, 6) is 0.740. The Kier molecular flexibility index (Phi) is 3.73. The van der Waals surface area contributed by atoms with Crippen LogP contribution >= 0.6 is 0 Å². The van der Waals surface area contributed by atoms with Crippen molar-refractivity contribution < 1.29 is 17.9 Å². The van der Waals surface area contributed by atoms with Gasteiger partial charge in [0.05, 0.1) is 14.2 Å². The lowest BCUT2D eigenvalue weighted by Crippen LogP contribution is -2.32. The summed E-state index contributed by atoms with van der Waals surface area (Å²) >= 11 is 0. The minimum absolute atomic E-state index is 0.0230. The van der Waals surface area contributed by atoms with Gasteiger partial charge in [0, 0.05) is 23.3 Å². The second-order valence-corrected chi connectivity index (χ2v) is 7.38. The molecule has 0 aliphatic heterocycles.